The molecule has 0 heterocycles. The normalized spacial score (nSPS) is 10.5. The van der Waals surface area contributed by atoms with Gasteiger partial charge in [0.25, 0.3) is 0 Å². The molecule has 0 fully saturated rings. The molecule has 2 aromatic rings. The number of nitrogens with two attached hydrogens (primary N) is 1. The predicted octanol–water partition coefficient (Wildman–Crippen LogP) is 4.25. The van der Waals surface area contributed by atoms with Crippen LogP contribution in [-0.4, -0.2) is 6.54 Å². The van der Waals surface area contributed by atoms with Gasteiger partial charge in [0, 0.05) is 5.02 Å². The second-order valence-corrected chi connectivity index (χ2v) is 5.09. The molecular formula is C16H18ClNO. The van der Waals surface area contributed by atoms with Gasteiger partial charge in [0.1, 0.15) is 11.5 Å². The van der Waals surface area contributed by atoms with Gasteiger partial charge in [-0.3, -0.25) is 0 Å². The standard InChI is InChI=1S/C16H18ClNO/c1-11-3-4-13(7-8-18)10-16(11)19-15-6-5-14(17)9-12(15)2/h3-6,9-10H,7-8,18H2,1-2H3. The third-order valence-corrected chi connectivity index (χ3v) is 3.28. The molecule has 0 spiro atoms. The zero-order valence-corrected chi connectivity index (χ0v) is 12.0. The number of hydrogen-bond donors (Lipinski definition) is 1. The van der Waals surface area contributed by atoms with Gasteiger partial charge in [-0.15, -0.1) is 0 Å². The summed E-state index contributed by atoms with van der Waals surface area (Å²) in [7, 11) is 0. The lowest BCUT2D eigenvalue weighted by atomic mass is 10.1. The van der Waals surface area contributed by atoms with Crippen molar-refractivity contribution in [3.63, 3.8) is 0 Å². The van der Waals surface area contributed by atoms with Crippen LogP contribution in [0.1, 0.15) is 16.7 Å². The van der Waals surface area contributed by atoms with Gasteiger partial charge in [0.05, 0.1) is 0 Å². The molecule has 0 aromatic heterocycles. The Morgan fingerprint density at radius 1 is 1.00 bits per heavy atom. The molecular weight excluding hydrogens is 258 g/mol. The van der Waals surface area contributed by atoms with E-state index >= 15 is 0 Å². The SMILES string of the molecule is Cc1cc(Cl)ccc1Oc1cc(CCN)ccc1C. The summed E-state index contributed by atoms with van der Waals surface area (Å²) in [6.45, 7) is 4.66. The predicted molar refractivity (Wildman–Crippen MR) is 80.2 cm³/mol. The molecule has 0 unspecified atom stereocenters. The van der Waals surface area contributed by atoms with E-state index in [9.17, 15) is 0 Å². The quantitative estimate of drug-likeness (QED) is 0.905. The smallest absolute Gasteiger partial charge is 0.130 e. The van der Waals surface area contributed by atoms with Crippen LogP contribution < -0.4 is 10.5 Å². The van der Waals surface area contributed by atoms with E-state index in [-0.39, 0.29) is 0 Å². The Balaban J connectivity index is 2.29. The van der Waals surface area contributed by atoms with Crippen LogP contribution in [0, 0.1) is 13.8 Å². The van der Waals surface area contributed by atoms with Crippen LogP contribution in [0.25, 0.3) is 0 Å². The first-order valence-electron chi connectivity index (χ1n) is 6.34. The highest BCUT2D eigenvalue weighted by molar-refractivity contribution is 6.30. The maximum atomic E-state index is 5.98. The van der Waals surface area contributed by atoms with Gasteiger partial charge in [0.15, 0.2) is 0 Å². The maximum Gasteiger partial charge on any atom is 0.130 e. The van der Waals surface area contributed by atoms with E-state index in [4.69, 9.17) is 22.1 Å². The van der Waals surface area contributed by atoms with Crippen LogP contribution >= 0.6 is 11.6 Å². The van der Waals surface area contributed by atoms with E-state index in [2.05, 4.69) is 18.2 Å². The molecule has 2 aromatic carbocycles. The van der Waals surface area contributed by atoms with E-state index in [1.165, 1.54) is 5.56 Å². The summed E-state index contributed by atoms with van der Waals surface area (Å²) in [5, 5.41) is 0.721. The fraction of sp³-hybridized carbons (Fsp3) is 0.250. The molecule has 0 atom stereocenters. The second-order valence-electron chi connectivity index (χ2n) is 4.65. The van der Waals surface area contributed by atoms with Crippen molar-refractivity contribution < 1.29 is 4.74 Å². The van der Waals surface area contributed by atoms with Crippen molar-refractivity contribution in [2.24, 2.45) is 5.73 Å². The first-order valence-corrected chi connectivity index (χ1v) is 6.71. The number of hydrogen-bond acceptors (Lipinski definition) is 2. The van der Waals surface area contributed by atoms with E-state index in [1.807, 2.05) is 32.0 Å². The lowest BCUT2D eigenvalue weighted by Crippen LogP contribution is -2.03. The average molecular weight is 276 g/mol. The van der Waals surface area contributed by atoms with Crippen LogP contribution in [0.5, 0.6) is 11.5 Å². The van der Waals surface area contributed by atoms with Crippen molar-refractivity contribution >= 4 is 11.6 Å². The van der Waals surface area contributed by atoms with Crippen molar-refractivity contribution in [1.82, 2.24) is 0 Å². The van der Waals surface area contributed by atoms with Gasteiger partial charge in [-0.2, -0.15) is 0 Å². The highest BCUT2D eigenvalue weighted by atomic mass is 35.5. The fourth-order valence-corrected chi connectivity index (χ4v) is 2.15. The van der Waals surface area contributed by atoms with Crippen LogP contribution in [0.4, 0.5) is 0 Å². The molecule has 0 amide bonds. The third-order valence-electron chi connectivity index (χ3n) is 3.04. The number of ether oxygens (including phenoxy) is 1. The highest BCUT2D eigenvalue weighted by Crippen LogP contribution is 2.30. The fourth-order valence-electron chi connectivity index (χ4n) is 1.92. The van der Waals surface area contributed by atoms with Crippen molar-refractivity contribution in [1.29, 1.82) is 0 Å². The van der Waals surface area contributed by atoms with Gasteiger partial charge in [0.2, 0.25) is 0 Å². The summed E-state index contributed by atoms with van der Waals surface area (Å²) in [6.07, 6.45) is 0.857. The Bertz CT molecular complexity index is 581. The monoisotopic (exact) mass is 275 g/mol. The molecule has 0 saturated heterocycles. The number of aryl methyl sites for hydroxylation is 2. The van der Waals surface area contributed by atoms with Crippen LogP contribution in [0.2, 0.25) is 5.02 Å². The molecule has 0 radical (unpaired) electrons. The molecule has 0 aliphatic carbocycles. The Morgan fingerprint density at radius 2 is 1.79 bits per heavy atom. The van der Waals surface area contributed by atoms with Gasteiger partial charge >= 0.3 is 0 Å². The first kappa shape index (κ1) is 13.9. The lowest BCUT2D eigenvalue weighted by molar-refractivity contribution is 0.474. The number of halogens is 1. The van der Waals surface area contributed by atoms with E-state index < -0.39 is 0 Å². The molecule has 2 nitrogen and oxygen atoms in total. The summed E-state index contributed by atoms with van der Waals surface area (Å²) >= 11 is 5.95. The molecule has 0 saturated carbocycles. The minimum absolute atomic E-state index is 0.641. The molecule has 0 bridgehead atoms. The Hall–Kier alpha value is -1.51. The summed E-state index contributed by atoms with van der Waals surface area (Å²) < 4.78 is 5.98. The Morgan fingerprint density at radius 3 is 2.47 bits per heavy atom. The van der Waals surface area contributed by atoms with Gasteiger partial charge in [-0.25, -0.2) is 0 Å². The molecule has 2 rings (SSSR count). The maximum absolute atomic E-state index is 5.98. The van der Waals surface area contributed by atoms with Gasteiger partial charge in [-0.05, 0) is 67.8 Å². The van der Waals surface area contributed by atoms with Gasteiger partial charge in [-0.1, -0.05) is 23.7 Å². The third kappa shape index (κ3) is 3.49. The molecule has 2 N–H and O–H groups in total. The Kier molecular flexibility index (Phi) is 4.46. The number of benzene rings is 2. The van der Waals surface area contributed by atoms with E-state index in [1.54, 1.807) is 0 Å². The van der Waals surface area contributed by atoms with Crippen LogP contribution in [-0.2, 0) is 6.42 Å². The Labute approximate surface area is 119 Å². The van der Waals surface area contributed by atoms with Crippen LogP contribution in [0.3, 0.4) is 0 Å². The van der Waals surface area contributed by atoms with Crippen molar-refractivity contribution in [3.8, 4) is 11.5 Å². The highest BCUT2D eigenvalue weighted by Gasteiger charge is 2.06. The molecule has 3 heteroatoms. The lowest BCUT2D eigenvalue weighted by Gasteiger charge is -2.12. The zero-order valence-electron chi connectivity index (χ0n) is 11.2. The minimum atomic E-state index is 0.641. The van der Waals surface area contributed by atoms with Crippen molar-refractivity contribution in [2.45, 2.75) is 20.3 Å². The summed E-state index contributed by atoms with van der Waals surface area (Å²) in [5.41, 5.74) is 8.91. The first-order chi connectivity index (χ1) is 9.10. The molecule has 19 heavy (non-hydrogen) atoms. The second kappa shape index (κ2) is 6.09. The largest absolute Gasteiger partial charge is 0.457 e. The van der Waals surface area contributed by atoms with Crippen molar-refractivity contribution in [3.05, 3.63) is 58.1 Å². The van der Waals surface area contributed by atoms with E-state index in [0.29, 0.717) is 6.54 Å². The number of rotatable bonds is 4. The van der Waals surface area contributed by atoms with Crippen molar-refractivity contribution in [2.75, 3.05) is 6.54 Å². The summed E-state index contributed by atoms with van der Waals surface area (Å²) in [4.78, 5) is 0. The van der Waals surface area contributed by atoms with Crippen LogP contribution in [0.15, 0.2) is 36.4 Å². The van der Waals surface area contributed by atoms with E-state index in [0.717, 1.165) is 34.1 Å². The molecule has 0 aliphatic rings. The summed E-state index contributed by atoms with van der Waals surface area (Å²) in [6, 6.07) is 11.8. The summed E-state index contributed by atoms with van der Waals surface area (Å²) in [5.74, 6) is 1.70. The topological polar surface area (TPSA) is 35.2 Å². The zero-order chi connectivity index (χ0) is 13.8. The minimum Gasteiger partial charge on any atom is -0.457 e. The average Bonchev–Trinajstić information content (AvgIpc) is 2.37. The molecule has 100 valence electrons. The van der Waals surface area contributed by atoms with Gasteiger partial charge < -0.3 is 10.5 Å². The molecule has 0 aliphatic heterocycles.